The fourth-order valence-electron chi connectivity index (χ4n) is 1.17. The van der Waals surface area contributed by atoms with Gasteiger partial charge >= 0.3 is 0 Å². The first-order valence-corrected chi connectivity index (χ1v) is 3.50. The molecule has 10 heavy (non-hydrogen) atoms. The molecule has 5 N–H and O–H groups in total. The van der Waals surface area contributed by atoms with Gasteiger partial charge < -0.3 is 20.6 Å². The lowest BCUT2D eigenvalue weighted by atomic mass is 9.98. The highest BCUT2D eigenvalue weighted by atomic mass is 16.4. The van der Waals surface area contributed by atoms with E-state index in [0.717, 1.165) is 0 Å². The molecule has 0 amide bonds. The van der Waals surface area contributed by atoms with E-state index in [4.69, 9.17) is 10.2 Å². The maximum Gasteiger partial charge on any atom is 0.134 e. The SMILES string of the molecule is C[C@@H]1[NH2+]C[C@@H](O)[C@H](O)[C@@H]1O. The van der Waals surface area contributed by atoms with Crippen LogP contribution in [0.5, 0.6) is 0 Å². The van der Waals surface area contributed by atoms with Crippen LogP contribution in [0.15, 0.2) is 0 Å². The molecule has 0 radical (unpaired) electrons. The molecule has 1 fully saturated rings. The Bertz CT molecular complexity index is 106. The van der Waals surface area contributed by atoms with Crippen LogP contribution < -0.4 is 5.32 Å². The van der Waals surface area contributed by atoms with Gasteiger partial charge in [0.25, 0.3) is 0 Å². The molecular formula is C6H14NO3+. The monoisotopic (exact) mass is 148 g/mol. The van der Waals surface area contributed by atoms with Gasteiger partial charge in [-0.3, -0.25) is 0 Å². The number of nitrogens with two attached hydrogens (primary N) is 1. The van der Waals surface area contributed by atoms with Crippen molar-refractivity contribution < 1.29 is 20.6 Å². The lowest BCUT2D eigenvalue weighted by Crippen LogP contribution is -2.97. The Balaban J connectivity index is 2.52. The summed E-state index contributed by atoms with van der Waals surface area (Å²) in [5, 5.41) is 29.1. The van der Waals surface area contributed by atoms with Crippen molar-refractivity contribution in [3.63, 3.8) is 0 Å². The molecule has 4 heteroatoms. The van der Waals surface area contributed by atoms with Crippen LogP contribution in [0.2, 0.25) is 0 Å². The van der Waals surface area contributed by atoms with Crippen LogP contribution in [0.4, 0.5) is 0 Å². The fraction of sp³-hybridized carbons (Fsp3) is 1.00. The van der Waals surface area contributed by atoms with Gasteiger partial charge in [0.2, 0.25) is 0 Å². The predicted octanol–water partition coefficient (Wildman–Crippen LogP) is -2.97. The van der Waals surface area contributed by atoms with E-state index in [1.54, 1.807) is 0 Å². The van der Waals surface area contributed by atoms with E-state index in [1.165, 1.54) is 0 Å². The van der Waals surface area contributed by atoms with Gasteiger partial charge in [-0.05, 0) is 6.92 Å². The summed E-state index contributed by atoms with van der Waals surface area (Å²) in [4.78, 5) is 0. The molecule has 0 spiro atoms. The Morgan fingerprint density at radius 2 is 1.80 bits per heavy atom. The van der Waals surface area contributed by atoms with Crippen LogP contribution >= 0.6 is 0 Å². The average molecular weight is 148 g/mol. The summed E-state index contributed by atoms with van der Waals surface area (Å²) in [6, 6.07) is -0.0154. The zero-order valence-corrected chi connectivity index (χ0v) is 5.94. The maximum absolute atomic E-state index is 9.18. The Hall–Kier alpha value is -0.160. The topological polar surface area (TPSA) is 77.3 Å². The van der Waals surface area contributed by atoms with E-state index in [-0.39, 0.29) is 6.04 Å². The Morgan fingerprint density at radius 1 is 1.20 bits per heavy atom. The average Bonchev–Trinajstić information content (AvgIpc) is 1.93. The summed E-state index contributed by atoms with van der Waals surface area (Å²) in [7, 11) is 0. The van der Waals surface area contributed by atoms with Crippen molar-refractivity contribution in [3.8, 4) is 0 Å². The number of piperidine rings is 1. The van der Waals surface area contributed by atoms with Crippen LogP contribution in [0.25, 0.3) is 0 Å². The molecular weight excluding hydrogens is 134 g/mol. The van der Waals surface area contributed by atoms with Crippen molar-refractivity contribution in [2.45, 2.75) is 31.3 Å². The van der Waals surface area contributed by atoms with E-state index in [2.05, 4.69) is 0 Å². The molecule has 0 unspecified atom stereocenters. The molecule has 1 heterocycles. The standard InChI is InChI=1S/C6H13NO3/c1-3-5(9)6(10)4(8)2-7-3/h3-10H,2H2,1H3/p+1/t3-,4+,5+,6-/m0/s1. The zero-order valence-electron chi connectivity index (χ0n) is 5.94. The van der Waals surface area contributed by atoms with Gasteiger partial charge in [-0.2, -0.15) is 0 Å². The highest BCUT2D eigenvalue weighted by molar-refractivity contribution is 4.81. The second kappa shape index (κ2) is 2.84. The van der Waals surface area contributed by atoms with Crippen molar-refractivity contribution in [2.24, 2.45) is 0 Å². The van der Waals surface area contributed by atoms with Gasteiger partial charge in [-0.1, -0.05) is 0 Å². The molecule has 4 nitrogen and oxygen atoms in total. The summed E-state index contributed by atoms with van der Waals surface area (Å²) in [6.45, 7) is 2.29. The third-order valence-electron chi connectivity index (χ3n) is 2.03. The Morgan fingerprint density at radius 3 is 2.30 bits per heavy atom. The molecule has 0 aliphatic carbocycles. The molecule has 0 bridgehead atoms. The molecule has 1 aliphatic rings. The smallest absolute Gasteiger partial charge is 0.134 e. The minimum atomic E-state index is -0.972. The van der Waals surface area contributed by atoms with Gasteiger partial charge in [-0.25, -0.2) is 0 Å². The number of rotatable bonds is 0. The van der Waals surface area contributed by atoms with Gasteiger partial charge in [-0.15, -0.1) is 0 Å². The number of hydrogen-bond donors (Lipinski definition) is 4. The highest BCUT2D eigenvalue weighted by Crippen LogP contribution is 2.04. The molecule has 0 aromatic carbocycles. The molecule has 0 saturated carbocycles. The van der Waals surface area contributed by atoms with Crippen molar-refractivity contribution in [2.75, 3.05) is 6.54 Å². The Kier molecular flexibility index (Phi) is 2.25. The van der Waals surface area contributed by atoms with Gasteiger partial charge in [0.15, 0.2) is 0 Å². The molecule has 0 aromatic rings. The van der Waals surface area contributed by atoms with Crippen LogP contribution in [0.3, 0.4) is 0 Å². The summed E-state index contributed by atoms with van der Waals surface area (Å²) in [5.41, 5.74) is 0. The third-order valence-corrected chi connectivity index (χ3v) is 2.03. The van der Waals surface area contributed by atoms with Crippen molar-refractivity contribution in [1.29, 1.82) is 0 Å². The predicted molar refractivity (Wildman–Crippen MR) is 34.3 cm³/mol. The Labute approximate surface area is 59.5 Å². The first-order valence-electron chi connectivity index (χ1n) is 3.50. The minimum Gasteiger partial charge on any atom is -0.387 e. The first-order chi connectivity index (χ1) is 4.63. The maximum atomic E-state index is 9.18. The fourth-order valence-corrected chi connectivity index (χ4v) is 1.17. The zero-order chi connectivity index (χ0) is 7.72. The second-order valence-electron chi connectivity index (χ2n) is 2.88. The van der Waals surface area contributed by atoms with Crippen LogP contribution in [0, 0.1) is 0 Å². The number of hydrogen-bond acceptors (Lipinski definition) is 3. The normalized spacial score (nSPS) is 49.2. The van der Waals surface area contributed by atoms with E-state index in [9.17, 15) is 5.11 Å². The largest absolute Gasteiger partial charge is 0.387 e. The van der Waals surface area contributed by atoms with Gasteiger partial charge in [0.05, 0.1) is 0 Å². The quantitative estimate of drug-likeness (QED) is 0.296. The molecule has 60 valence electrons. The van der Waals surface area contributed by atoms with E-state index in [1.807, 2.05) is 12.2 Å². The lowest BCUT2D eigenvalue weighted by Gasteiger charge is -2.31. The third kappa shape index (κ3) is 1.29. The van der Waals surface area contributed by atoms with Crippen LogP contribution in [-0.2, 0) is 0 Å². The van der Waals surface area contributed by atoms with Crippen LogP contribution in [-0.4, -0.2) is 46.2 Å². The summed E-state index contributed by atoms with van der Waals surface area (Å²) in [5.74, 6) is 0. The van der Waals surface area contributed by atoms with E-state index in [0.29, 0.717) is 6.54 Å². The number of quaternary nitrogens is 1. The molecule has 1 rings (SSSR count). The molecule has 4 atom stereocenters. The molecule has 1 aliphatic heterocycles. The summed E-state index contributed by atoms with van der Waals surface area (Å²) < 4.78 is 0. The highest BCUT2D eigenvalue weighted by Gasteiger charge is 2.36. The lowest BCUT2D eigenvalue weighted by molar-refractivity contribution is -0.712. The van der Waals surface area contributed by atoms with Crippen molar-refractivity contribution in [3.05, 3.63) is 0 Å². The second-order valence-corrected chi connectivity index (χ2v) is 2.88. The van der Waals surface area contributed by atoms with Gasteiger partial charge in [0.1, 0.15) is 30.9 Å². The first kappa shape index (κ1) is 7.94. The number of aliphatic hydroxyl groups excluding tert-OH is 3. The van der Waals surface area contributed by atoms with Crippen LogP contribution in [0.1, 0.15) is 6.92 Å². The van der Waals surface area contributed by atoms with Gasteiger partial charge in [0, 0.05) is 0 Å². The van der Waals surface area contributed by atoms with Crippen molar-refractivity contribution >= 4 is 0 Å². The minimum absolute atomic E-state index is 0.0154. The molecule has 1 saturated heterocycles. The number of aliphatic hydroxyl groups is 3. The summed E-state index contributed by atoms with van der Waals surface area (Å²) in [6.07, 6.45) is -2.56. The summed E-state index contributed by atoms with van der Waals surface area (Å²) >= 11 is 0. The van der Waals surface area contributed by atoms with E-state index < -0.39 is 18.3 Å². The van der Waals surface area contributed by atoms with Crippen molar-refractivity contribution in [1.82, 2.24) is 0 Å². The van der Waals surface area contributed by atoms with E-state index >= 15 is 0 Å². The molecule has 0 aromatic heterocycles.